The summed E-state index contributed by atoms with van der Waals surface area (Å²) in [5, 5.41) is 5.09. The van der Waals surface area contributed by atoms with E-state index in [1.54, 1.807) is 0 Å². The lowest BCUT2D eigenvalue weighted by Gasteiger charge is -2.38. The van der Waals surface area contributed by atoms with Crippen LogP contribution in [0.25, 0.3) is 0 Å². The van der Waals surface area contributed by atoms with Gasteiger partial charge in [-0.3, -0.25) is 9.59 Å². The highest BCUT2D eigenvalue weighted by Crippen LogP contribution is 2.30. The van der Waals surface area contributed by atoms with Crippen LogP contribution in [0, 0.1) is 0 Å². The van der Waals surface area contributed by atoms with Gasteiger partial charge in [0, 0.05) is 51.0 Å². The molecule has 1 N–H and O–H groups in total. The van der Waals surface area contributed by atoms with Crippen molar-refractivity contribution in [3.05, 3.63) is 76.5 Å². The molecule has 2 aliphatic rings. The zero-order chi connectivity index (χ0) is 25.6. The van der Waals surface area contributed by atoms with Gasteiger partial charge < -0.3 is 24.8 Å². The average Bonchev–Trinajstić information content (AvgIpc) is 3.49. The van der Waals surface area contributed by atoms with Crippen molar-refractivity contribution in [3.8, 4) is 5.75 Å². The number of amides is 2. The number of hydrogen-bond acceptors (Lipinski definition) is 6. The molecular weight excluding hydrogens is 484 g/mol. The van der Waals surface area contributed by atoms with E-state index in [4.69, 9.17) is 4.74 Å². The van der Waals surface area contributed by atoms with Crippen LogP contribution in [0.2, 0.25) is 0 Å². The lowest BCUT2D eigenvalue weighted by molar-refractivity contribution is 0.0747. The summed E-state index contributed by atoms with van der Waals surface area (Å²) in [6.45, 7) is 7.12. The number of ether oxygens (including phenoxy) is 1. The quantitative estimate of drug-likeness (QED) is 0.499. The first-order chi connectivity index (χ1) is 18.1. The highest BCUT2D eigenvalue weighted by molar-refractivity contribution is 7.12. The molecule has 2 aliphatic heterocycles. The molecule has 0 unspecified atom stereocenters. The molecule has 3 aromatic rings. The summed E-state index contributed by atoms with van der Waals surface area (Å²) in [5.41, 5.74) is 2.83. The van der Waals surface area contributed by atoms with E-state index >= 15 is 0 Å². The lowest BCUT2D eigenvalue weighted by Crippen LogP contribution is -2.49. The number of piperazine rings is 1. The fourth-order valence-electron chi connectivity index (χ4n) is 5.18. The molecule has 0 bridgehead atoms. The van der Waals surface area contributed by atoms with Gasteiger partial charge in [0.15, 0.2) is 0 Å². The lowest BCUT2D eigenvalue weighted by atomic mass is 10.0. The van der Waals surface area contributed by atoms with Gasteiger partial charge in [-0.1, -0.05) is 30.3 Å². The van der Waals surface area contributed by atoms with Crippen LogP contribution in [0.1, 0.15) is 39.8 Å². The Balaban J connectivity index is 1.20. The third-order valence-corrected chi connectivity index (χ3v) is 7.99. The second-order valence-electron chi connectivity index (χ2n) is 9.41. The Kier molecular flexibility index (Phi) is 7.94. The van der Waals surface area contributed by atoms with E-state index < -0.39 is 0 Å². The molecule has 2 aromatic carbocycles. The topological polar surface area (TPSA) is 65.1 Å². The summed E-state index contributed by atoms with van der Waals surface area (Å²) < 4.78 is 5.81. The zero-order valence-corrected chi connectivity index (χ0v) is 22.1. The van der Waals surface area contributed by atoms with Gasteiger partial charge >= 0.3 is 0 Å². The van der Waals surface area contributed by atoms with Crippen molar-refractivity contribution in [1.29, 1.82) is 0 Å². The number of anilines is 2. The van der Waals surface area contributed by atoms with Crippen molar-refractivity contribution in [2.45, 2.75) is 25.8 Å². The minimum absolute atomic E-state index is 0.00653. The van der Waals surface area contributed by atoms with E-state index in [1.807, 2.05) is 71.8 Å². The molecule has 5 rings (SSSR count). The number of nitrogens with one attached hydrogen (secondary N) is 1. The SMILES string of the molecule is CCOc1ccccc1N1CCN(C(=O)c2ccccc2N2CCC(NC(=O)c3cccs3)CC2)CC1. The minimum atomic E-state index is 0.00653. The van der Waals surface area contributed by atoms with E-state index in [0.29, 0.717) is 19.7 Å². The molecule has 7 nitrogen and oxygen atoms in total. The first-order valence-electron chi connectivity index (χ1n) is 13.1. The van der Waals surface area contributed by atoms with Gasteiger partial charge in [-0.15, -0.1) is 11.3 Å². The van der Waals surface area contributed by atoms with Crippen molar-refractivity contribution < 1.29 is 14.3 Å². The van der Waals surface area contributed by atoms with Gasteiger partial charge in [-0.2, -0.15) is 0 Å². The van der Waals surface area contributed by atoms with E-state index in [9.17, 15) is 9.59 Å². The largest absolute Gasteiger partial charge is 0.492 e. The van der Waals surface area contributed by atoms with Gasteiger partial charge in [0.2, 0.25) is 0 Å². The number of carbonyl (C=O) groups is 2. The highest BCUT2D eigenvalue weighted by atomic mass is 32.1. The van der Waals surface area contributed by atoms with Gasteiger partial charge in [0.05, 0.1) is 22.7 Å². The standard InChI is InChI=1S/C29H34N4O3S/c1-2-36-26-11-6-5-10-25(26)32-17-19-33(20-18-32)29(35)23-8-3-4-9-24(23)31-15-13-22(14-16-31)30-28(34)27-12-7-21-37-27/h3-12,21-22H,2,13-20H2,1H3,(H,30,34). The molecule has 3 heterocycles. The van der Waals surface area contributed by atoms with Gasteiger partial charge in [-0.25, -0.2) is 0 Å². The number of rotatable bonds is 7. The summed E-state index contributed by atoms with van der Waals surface area (Å²) in [6.07, 6.45) is 1.72. The Morgan fingerprint density at radius 3 is 2.24 bits per heavy atom. The number of benzene rings is 2. The molecule has 0 saturated carbocycles. The maximum Gasteiger partial charge on any atom is 0.261 e. The number of nitrogens with zero attached hydrogens (tertiary/aromatic N) is 3. The van der Waals surface area contributed by atoms with Crippen molar-refractivity contribution in [2.24, 2.45) is 0 Å². The number of thiophene rings is 1. The summed E-state index contributed by atoms with van der Waals surface area (Å²) >= 11 is 1.46. The molecule has 1 aromatic heterocycles. The van der Waals surface area contributed by atoms with Crippen molar-refractivity contribution >= 4 is 34.5 Å². The number of para-hydroxylation sites is 3. The predicted molar refractivity (Wildman–Crippen MR) is 149 cm³/mol. The normalized spacial score (nSPS) is 16.5. The molecule has 2 fully saturated rings. The maximum atomic E-state index is 13.6. The van der Waals surface area contributed by atoms with Crippen LogP contribution in [0.15, 0.2) is 66.0 Å². The molecule has 0 spiro atoms. The van der Waals surface area contributed by atoms with Crippen LogP contribution in [-0.2, 0) is 0 Å². The number of hydrogen-bond donors (Lipinski definition) is 1. The van der Waals surface area contributed by atoms with Gasteiger partial charge in [0.1, 0.15) is 5.75 Å². The Bertz CT molecular complexity index is 1200. The third-order valence-electron chi connectivity index (χ3n) is 7.12. The fourth-order valence-corrected chi connectivity index (χ4v) is 5.80. The highest BCUT2D eigenvalue weighted by Gasteiger charge is 2.28. The summed E-state index contributed by atoms with van der Waals surface area (Å²) in [4.78, 5) is 33.4. The molecule has 194 valence electrons. The summed E-state index contributed by atoms with van der Waals surface area (Å²) in [7, 11) is 0. The van der Waals surface area contributed by atoms with Gasteiger partial charge in [0.25, 0.3) is 11.8 Å². The van der Waals surface area contributed by atoms with Crippen molar-refractivity contribution in [3.63, 3.8) is 0 Å². The second kappa shape index (κ2) is 11.7. The van der Waals surface area contributed by atoms with Crippen LogP contribution in [0.3, 0.4) is 0 Å². The fraction of sp³-hybridized carbons (Fsp3) is 0.379. The van der Waals surface area contributed by atoms with Crippen LogP contribution >= 0.6 is 11.3 Å². The first-order valence-corrected chi connectivity index (χ1v) is 14.0. The van der Waals surface area contributed by atoms with Crippen molar-refractivity contribution in [2.75, 3.05) is 55.7 Å². The van der Waals surface area contributed by atoms with E-state index in [1.165, 1.54) is 11.3 Å². The van der Waals surface area contributed by atoms with Crippen molar-refractivity contribution in [1.82, 2.24) is 10.2 Å². The Hall–Kier alpha value is -3.52. The maximum absolute atomic E-state index is 13.6. The average molecular weight is 519 g/mol. The molecule has 2 amide bonds. The van der Waals surface area contributed by atoms with Crippen LogP contribution in [0.5, 0.6) is 5.75 Å². The summed E-state index contributed by atoms with van der Waals surface area (Å²) in [6, 6.07) is 20.0. The third kappa shape index (κ3) is 5.74. The molecule has 2 saturated heterocycles. The van der Waals surface area contributed by atoms with Crippen LogP contribution in [0.4, 0.5) is 11.4 Å². The van der Waals surface area contributed by atoms with E-state index in [0.717, 1.165) is 66.6 Å². The molecule has 8 heteroatoms. The Morgan fingerprint density at radius 1 is 0.865 bits per heavy atom. The van der Waals surface area contributed by atoms with Gasteiger partial charge in [-0.05, 0) is 55.5 Å². The van der Waals surface area contributed by atoms with E-state index in [2.05, 4.69) is 21.2 Å². The molecule has 0 aliphatic carbocycles. The summed E-state index contributed by atoms with van der Waals surface area (Å²) in [5.74, 6) is 0.985. The molecule has 37 heavy (non-hydrogen) atoms. The van der Waals surface area contributed by atoms with Crippen LogP contribution in [-0.4, -0.2) is 68.6 Å². The number of piperidine rings is 1. The van der Waals surface area contributed by atoms with E-state index in [-0.39, 0.29) is 17.9 Å². The predicted octanol–water partition coefficient (Wildman–Crippen LogP) is 4.51. The minimum Gasteiger partial charge on any atom is -0.492 e. The monoisotopic (exact) mass is 518 g/mol. The number of carbonyl (C=O) groups excluding carboxylic acids is 2. The second-order valence-corrected chi connectivity index (χ2v) is 10.4. The molecular formula is C29H34N4O3S. The molecule has 0 radical (unpaired) electrons. The zero-order valence-electron chi connectivity index (χ0n) is 21.3. The Labute approximate surface area is 222 Å². The van der Waals surface area contributed by atoms with Crippen LogP contribution < -0.4 is 19.9 Å². The smallest absolute Gasteiger partial charge is 0.261 e. The first kappa shape index (κ1) is 25.1. The Morgan fingerprint density at radius 2 is 1.54 bits per heavy atom. The molecule has 0 atom stereocenters.